The highest BCUT2D eigenvalue weighted by Crippen LogP contribution is 2.53. The summed E-state index contributed by atoms with van der Waals surface area (Å²) >= 11 is 0. The Kier molecular flexibility index (Phi) is 6.69. The number of halogens is 5. The molecule has 0 saturated heterocycles. The van der Waals surface area contributed by atoms with Gasteiger partial charge in [0.25, 0.3) is 5.91 Å². The molecule has 4 aromatic rings. The van der Waals surface area contributed by atoms with Crippen LogP contribution in [0.5, 0.6) is 5.75 Å². The number of carbonyl (C=O) groups excluding carboxylic acids is 1. The Morgan fingerprint density at radius 3 is 2.47 bits per heavy atom. The second-order valence-electron chi connectivity index (χ2n) is 11.3. The van der Waals surface area contributed by atoms with Crippen LogP contribution < -0.4 is 10.5 Å². The number of hydrogen-bond acceptors (Lipinski definition) is 7. The molecule has 2 aromatic heterocycles. The largest absolute Gasteiger partial charge is 0.434 e. The number of carbonyl (C=O) groups is 1. The van der Waals surface area contributed by atoms with Gasteiger partial charge in [-0.25, -0.2) is 15.0 Å². The average molecular weight is 603 g/mol. The van der Waals surface area contributed by atoms with Gasteiger partial charge in [0.1, 0.15) is 17.4 Å². The third-order valence-electron chi connectivity index (χ3n) is 8.14. The number of aromatic nitrogens is 4. The van der Waals surface area contributed by atoms with Crippen molar-refractivity contribution in [2.45, 2.75) is 55.7 Å². The first-order chi connectivity index (χ1) is 20.2. The molecule has 2 aromatic carbocycles. The third-order valence-corrected chi connectivity index (χ3v) is 8.14. The van der Waals surface area contributed by atoms with E-state index in [1.807, 2.05) is 10.6 Å². The van der Waals surface area contributed by atoms with Crippen LogP contribution >= 0.6 is 0 Å². The van der Waals surface area contributed by atoms with E-state index in [0.717, 1.165) is 0 Å². The number of nitrogens with two attached hydrogens (primary N) is 1. The van der Waals surface area contributed by atoms with Crippen LogP contribution in [0.2, 0.25) is 0 Å². The van der Waals surface area contributed by atoms with E-state index in [2.05, 4.69) is 9.97 Å². The second kappa shape index (κ2) is 9.95. The number of amides is 1. The minimum Gasteiger partial charge on any atom is -0.434 e. The normalized spacial score (nSPS) is 23.3. The predicted octanol–water partition coefficient (Wildman–Crippen LogP) is 4.57. The molecule has 9 nitrogen and oxygen atoms in total. The highest BCUT2D eigenvalue weighted by atomic mass is 19.4. The van der Waals surface area contributed by atoms with Gasteiger partial charge in [-0.05, 0) is 36.2 Å². The predicted molar refractivity (Wildman–Crippen MR) is 144 cm³/mol. The number of alkyl halides is 5. The lowest BCUT2D eigenvalue weighted by molar-refractivity contribution is -0.304. The number of fused-ring (bicyclic) bond motifs is 3. The smallest absolute Gasteiger partial charge is 0.417 e. The number of nitrogens with zero attached hydrogens (tertiary/aromatic N) is 5. The second-order valence-corrected chi connectivity index (χ2v) is 11.3. The number of ether oxygens (including phenoxy) is 1. The topological polar surface area (TPSA) is 119 Å². The van der Waals surface area contributed by atoms with Gasteiger partial charge in [0.05, 0.1) is 22.6 Å². The quantitative estimate of drug-likeness (QED) is 0.310. The molecule has 1 aliphatic heterocycles. The summed E-state index contributed by atoms with van der Waals surface area (Å²) < 4.78 is 73.0. The molecule has 1 amide bonds. The maximum atomic E-state index is 13.4. The fourth-order valence-electron chi connectivity index (χ4n) is 6.11. The number of rotatable bonds is 6. The number of aliphatic hydroxyl groups is 1. The zero-order valence-corrected chi connectivity index (χ0v) is 23.1. The van der Waals surface area contributed by atoms with Crippen molar-refractivity contribution in [2.24, 2.45) is 5.73 Å². The Labute approximate surface area is 242 Å². The zero-order chi connectivity index (χ0) is 30.9. The van der Waals surface area contributed by atoms with Crippen molar-refractivity contribution in [1.82, 2.24) is 24.4 Å². The standard InChI is InChI=1S/C29H27F5N6O3/c1-39(2)24(41)17-4-3-5-21(43-26(30)31)23(17)19-8-9-22-38-18-7-6-15(10-20(18)40(19)22)16-11-36-25(37-12-16)27(35)13-28(42,14-27)29(32,33)34/h3-7,10-12,19,26,42H,8-9,13-14,35H2,1-2H3/t19-,27-,28+/m1/s1. The molecule has 0 radical (unpaired) electrons. The lowest BCUT2D eigenvalue weighted by Gasteiger charge is -2.50. The number of imidazole rings is 1. The van der Waals surface area contributed by atoms with Crippen molar-refractivity contribution in [3.05, 3.63) is 71.6 Å². The monoisotopic (exact) mass is 602 g/mol. The molecule has 1 saturated carbocycles. The molecule has 0 unspecified atom stereocenters. The molecular weight excluding hydrogens is 575 g/mol. The van der Waals surface area contributed by atoms with Crippen LogP contribution in [0.4, 0.5) is 22.0 Å². The van der Waals surface area contributed by atoms with E-state index in [0.29, 0.717) is 46.4 Å². The summed E-state index contributed by atoms with van der Waals surface area (Å²) in [7, 11) is 3.15. The molecular formula is C29H27F5N6O3. The highest BCUT2D eigenvalue weighted by Gasteiger charge is 2.67. The van der Waals surface area contributed by atoms with Crippen molar-refractivity contribution in [3.63, 3.8) is 0 Å². The van der Waals surface area contributed by atoms with Gasteiger partial charge in [-0.2, -0.15) is 22.0 Å². The molecule has 6 rings (SSSR count). The van der Waals surface area contributed by atoms with Gasteiger partial charge in [0.15, 0.2) is 5.60 Å². The molecule has 14 heteroatoms. The van der Waals surface area contributed by atoms with E-state index < -0.39 is 42.8 Å². The third kappa shape index (κ3) is 4.78. The van der Waals surface area contributed by atoms with Gasteiger partial charge >= 0.3 is 12.8 Å². The van der Waals surface area contributed by atoms with Gasteiger partial charge in [0, 0.05) is 62.4 Å². The number of aryl methyl sites for hydroxylation is 1. The summed E-state index contributed by atoms with van der Waals surface area (Å²) in [6, 6.07) is 9.38. The molecule has 3 N–H and O–H groups in total. The first-order valence-corrected chi connectivity index (χ1v) is 13.4. The van der Waals surface area contributed by atoms with Crippen molar-refractivity contribution in [2.75, 3.05) is 14.1 Å². The Balaban J connectivity index is 1.37. The van der Waals surface area contributed by atoms with Crippen molar-refractivity contribution < 1.29 is 36.6 Å². The summed E-state index contributed by atoms with van der Waals surface area (Å²) in [5, 5.41) is 9.84. The van der Waals surface area contributed by atoms with Gasteiger partial charge < -0.3 is 25.0 Å². The van der Waals surface area contributed by atoms with E-state index in [-0.39, 0.29) is 23.0 Å². The molecule has 1 fully saturated rings. The Morgan fingerprint density at radius 1 is 1.14 bits per heavy atom. The maximum absolute atomic E-state index is 13.4. The average Bonchev–Trinajstić information content (AvgIpc) is 3.50. The van der Waals surface area contributed by atoms with Gasteiger partial charge in [-0.1, -0.05) is 12.1 Å². The van der Waals surface area contributed by atoms with Crippen LogP contribution in [0.25, 0.3) is 22.2 Å². The molecule has 1 atom stereocenters. The Morgan fingerprint density at radius 2 is 1.84 bits per heavy atom. The first kappa shape index (κ1) is 28.9. The molecule has 1 aliphatic carbocycles. The maximum Gasteiger partial charge on any atom is 0.417 e. The summed E-state index contributed by atoms with van der Waals surface area (Å²) in [4.78, 5) is 27.6. The van der Waals surface area contributed by atoms with E-state index in [1.54, 1.807) is 32.3 Å². The number of benzene rings is 2. The molecule has 43 heavy (non-hydrogen) atoms. The lowest BCUT2D eigenvalue weighted by Crippen LogP contribution is -2.66. The van der Waals surface area contributed by atoms with Crippen LogP contribution in [-0.2, 0) is 12.0 Å². The van der Waals surface area contributed by atoms with Crippen LogP contribution in [0, 0.1) is 0 Å². The summed E-state index contributed by atoms with van der Waals surface area (Å²) in [5.74, 6) is 0.256. The first-order valence-electron chi connectivity index (χ1n) is 13.4. The van der Waals surface area contributed by atoms with Crippen LogP contribution in [0.1, 0.15) is 52.9 Å². The van der Waals surface area contributed by atoms with Crippen molar-refractivity contribution >= 4 is 16.9 Å². The summed E-state index contributed by atoms with van der Waals surface area (Å²) in [6.45, 7) is -3.09. The fourth-order valence-corrected chi connectivity index (χ4v) is 6.11. The van der Waals surface area contributed by atoms with Gasteiger partial charge in [-0.15, -0.1) is 0 Å². The minimum absolute atomic E-state index is 0.00899. The molecule has 0 spiro atoms. The zero-order valence-electron chi connectivity index (χ0n) is 23.1. The fraction of sp³-hybridized carbons (Fsp3) is 0.379. The Bertz CT molecular complexity index is 1710. The van der Waals surface area contributed by atoms with E-state index in [1.165, 1.54) is 29.4 Å². The van der Waals surface area contributed by atoms with Crippen LogP contribution in [0.15, 0.2) is 48.8 Å². The molecule has 0 bridgehead atoms. The van der Waals surface area contributed by atoms with E-state index >= 15 is 0 Å². The highest BCUT2D eigenvalue weighted by molar-refractivity contribution is 5.96. The Hall–Kier alpha value is -4.17. The lowest BCUT2D eigenvalue weighted by atomic mass is 9.64. The summed E-state index contributed by atoms with van der Waals surface area (Å²) in [5.41, 5.74) is 4.83. The van der Waals surface area contributed by atoms with E-state index in [4.69, 9.17) is 15.5 Å². The molecule has 2 aliphatic rings. The van der Waals surface area contributed by atoms with Gasteiger partial charge in [0.2, 0.25) is 0 Å². The summed E-state index contributed by atoms with van der Waals surface area (Å²) in [6.07, 6.45) is -2.36. The minimum atomic E-state index is -4.80. The van der Waals surface area contributed by atoms with Crippen molar-refractivity contribution in [1.29, 1.82) is 0 Å². The van der Waals surface area contributed by atoms with Crippen molar-refractivity contribution in [3.8, 4) is 16.9 Å². The van der Waals surface area contributed by atoms with Crippen LogP contribution in [-0.4, -0.2) is 67.9 Å². The number of hydrogen-bond donors (Lipinski definition) is 2. The van der Waals surface area contributed by atoms with Crippen LogP contribution in [0.3, 0.4) is 0 Å². The van der Waals surface area contributed by atoms with Gasteiger partial charge in [-0.3, -0.25) is 4.79 Å². The van der Waals surface area contributed by atoms with E-state index in [9.17, 15) is 31.9 Å². The molecule has 3 heterocycles. The SMILES string of the molecule is CN(C)C(=O)c1cccc(OC(F)F)c1[C@H]1CCc2nc3ccc(-c4cnc([C@]5(N)C[C@](O)(C(F)(F)F)C5)nc4)cc3n21. The molecule has 226 valence electrons.